The summed E-state index contributed by atoms with van der Waals surface area (Å²) in [5, 5.41) is 7.89. The van der Waals surface area contributed by atoms with E-state index in [1.807, 2.05) is 48.5 Å². The zero-order valence-electron chi connectivity index (χ0n) is 11.5. The largest absolute Gasteiger partial charge is 0.334 e. The lowest BCUT2D eigenvalue weighted by Gasteiger charge is -2.08. The molecule has 108 valence electrons. The van der Waals surface area contributed by atoms with Crippen LogP contribution in [-0.4, -0.2) is 18.5 Å². The second-order valence-electron chi connectivity index (χ2n) is 4.44. The molecule has 0 saturated heterocycles. The highest BCUT2D eigenvalue weighted by molar-refractivity contribution is 5.94. The number of urea groups is 1. The molecule has 0 aromatic heterocycles. The molecule has 2 aromatic carbocycles. The van der Waals surface area contributed by atoms with E-state index in [1.165, 1.54) is 0 Å². The van der Waals surface area contributed by atoms with Gasteiger partial charge in [0.25, 0.3) is 0 Å². The van der Waals surface area contributed by atoms with Crippen molar-refractivity contribution >= 4 is 17.6 Å². The summed E-state index contributed by atoms with van der Waals surface area (Å²) in [6.45, 7) is 0.350. The minimum atomic E-state index is -0.373. The van der Waals surface area contributed by atoms with Gasteiger partial charge in [-0.1, -0.05) is 48.5 Å². The molecule has 5 nitrogen and oxygen atoms in total. The SMILES string of the molecule is O=C(CNC(=O)NCc1ccccc1)Nc1ccccc1. The van der Waals surface area contributed by atoms with Gasteiger partial charge in [-0.2, -0.15) is 0 Å². The summed E-state index contributed by atoms with van der Waals surface area (Å²) in [5.74, 6) is -0.268. The molecule has 5 heteroatoms. The monoisotopic (exact) mass is 283 g/mol. The van der Waals surface area contributed by atoms with Crippen LogP contribution in [0.5, 0.6) is 0 Å². The van der Waals surface area contributed by atoms with E-state index in [-0.39, 0.29) is 18.5 Å². The van der Waals surface area contributed by atoms with Gasteiger partial charge in [0.1, 0.15) is 0 Å². The highest BCUT2D eigenvalue weighted by atomic mass is 16.2. The van der Waals surface area contributed by atoms with E-state index in [0.717, 1.165) is 5.56 Å². The molecule has 3 amide bonds. The summed E-state index contributed by atoms with van der Waals surface area (Å²) in [5.41, 5.74) is 1.70. The van der Waals surface area contributed by atoms with Crippen molar-refractivity contribution in [3.05, 3.63) is 66.2 Å². The number of benzene rings is 2. The minimum Gasteiger partial charge on any atom is -0.334 e. The number of hydrogen-bond donors (Lipinski definition) is 3. The van der Waals surface area contributed by atoms with Gasteiger partial charge in [0.2, 0.25) is 5.91 Å². The zero-order valence-corrected chi connectivity index (χ0v) is 11.5. The molecule has 0 heterocycles. The third kappa shape index (κ3) is 5.36. The quantitative estimate of drug-likeness (QED) is 0.786. The van der Waals surface area contributed by atoms with Gasteiger partial charge in [0.15, 0.2) is 0 Å². The molecule has 21 heavy (non-hydrogen) atoms. The number of amides is 3. The van der Waals surface area contributed by atoms with Crippen molar-refractivity contribution in [1.82, 2.24) is 10.6 Å². The third-order valence-electron chi connectivity index (χ3n) is 2.76. The van der Waals surface area contributed by atoms with Crippen LogP contribution >= 0.6 is 0 Å². The van der Waals surface area contributed by atoms with Crippen LogP contribution in [0, 0.1) is 0 Å². The van der Waals surface area contributed by atoms with Crippen LogP contribution in [0.15, 0.2) is 60.7 Å². The molecular formula is C16H17N3O2. The summed E-state index contributed by atoms with van der Waals surface area (Å²) in [4.78, 5) is 23.2. The molecule has 0 bridgehead atoms. The lowest BCUT2D eigenvalue weighted by Crippen LogP contribution is -2.39. The normalized spacial score (nSPS) is 9.71. The molecule has 0 aliphatic heterocycles. The number of anilines is 1. The van der Waals surface area contributed by atoms with Crippen LogP contribution in [0.2, 0.25) is 0 Å². The second-order valence-corrected chi connectivity index (χ2v) is 4.44. The lowest BCUT2D eigenvalue weighted by molar-refractivity contribution is -0.115. The van der Waals surface area contributed by atoms with E-state index >= 15 is 0 Å². The molecule has 2 rings (SSSR count). The van der Waals surface area contributed by atoms with Crippen molar-refractivity contribution in [2.24, 2.45) is 0 Å². The average molecular weight is 283 g/mol. The molecule has 0 aliphatic rings. The Morgan fingerprint density at radius 2 is 1.43 bits per heavy atom. The standard InChI is InChI=1S/C16H17N3O2/c20-15(19-14-9-5-2-6-10-14)12-18-16(21)17-11-13-7-3-1-4-8-13/h1-10H,11-12H2,(H,19,20)(H2,17,18,21). The van der Waals surface area contributed by atoms with Gasteiger partial charge in [-0.25, -0.2) is 4.79 Å². The Kier molecular flexibility index (Phi) is 5.34. The predicted octanol–water partition coefficient (Wildman–Crippen LogP) is 2.12. The van der Waals surface area contributed by atoms with Gasteiger partial charge < -0.3 is 16.0 Å². The van der Waals surface area contributed by atoms with Gasteiger partial charge in [0, 0.05) is 12.2 Å². The zero-order chi connectivity index (χ0) is 14.9. The first-order chi connectivity index (χ1) is 10.2. The Hall–Kier alpha value is -2.82. The maximum absolute atomic E-state index is 11.6. The number of hydrogen-bond acceptors (Lipinski definition) is 2. The Bertz CT molecular complexity index is 585. The fourth-order valence-electron chi connectivity index (χ4n) is 1.73. The number of carbonyl (C=O) groups excluding carboxylic acids is 2. The molecule has 0 unspecified atom stereocenters. The van der Waals surface area contributed by atoms with Crippen LogP contribution in [0.4, 0.5) is 10.5 Å². The van der Waals surface area contributed by atoms with E-state index in [2.05, 4.69) is 16.0 Å². The van der Waals surface area contributed by atoms with Gasteiger partial charge in [-0.05, 0) is 17.7 Å². The van der Waals surface area contributed by atoms with E-state index < -0.39 is 0 Å². The van der Waals surface area contributed by atoms with Gasteiger partial charge in [-0.3, -0.25) is 4.79 Å². The van der Waals surface area contributed by atoms with E-state index in [4.69, 9.17) is 0 Å². The maximum atomic E-state index is 11.6. The van der Waals surface area contributed by atoms with Crippen LogP contribution in [0.3, 0.4) is 0 Å². The third-order valence-corrected chi connectivity index (χ3v) is 2.76. The number of nitrogens with one attached hydrogen (secondary N) is 3. The minimum absolute atomic E-state index is 0.0739. The van der Waals surface area contributed by atoms with E-state index in [9.17, 15) is 9.59 Å². The van der Waals surface area contributed by atoms with Crippen molar-refractivity contribution in [3.8, 4) is 0 Å². The topological polar surface area (TPSA) is 70.2 Å². The van der Waals surface area contributed by atoms with Crippen LogP contribution < -0.4 is 16.0 Å². The summed E-state index contributed by atoms with van der Waals surface area (Å²) < 4.78 is 0. The second kappa shape index (κ2) is 7.69. The molecule has 0 saturated carbocycles. The van der Waals surface area contributed by atoms with Crippen LogP contribution in [0.1, 0.15) is 5.56 Å². The Balaban J connectivity index is 1.68. The van der Waals surface area contributed by atoms with E-state index in [0.29, 0.717) is 12.2 Å². The molecule has 2 aromatic rings. The molecule has 0 spiro atoms. The fraction of sp³-hybridized carbons (Fsp3) is 0.125. The van der Waals surface area contributed by atoms with Crippen molar-refractivity contribution in [2.45, 2.75) is 6.54 Å². The van der Waals surface area contributed by atoms with Crippen molar-refractivity contribution in [2.75, 3.05) is 11.9 Å². The Morgan fingerprint density at radius 3 is 2.10 bits per heavy atom. The Morgan fingerprint density at radius 1 is 0.810 bits per heavy atom. The lowest BCUT2D eigenvalue weighted by atomic mass is 10.2. The number of rotatable bonds is 5. The molecular weight excluding hydrogens is 266 g/mol. The van der Waals surface area contributed by atoms with Crippen molar-refractivity contribution in [1.29, 1.82) is 0 Å². The molecule has 0 radical (unpaired) electrons. The number of carbonyl (C=O) groups is 2. The number of para-hydroxylation sites is 1. The highest BCUT2D eigenvalue weighted by Gasteiger charge is 2.05. The molecule has 3 N–H and O–H groups in total. The van der Waals surface area contributed by atoms with Gasteiger partial charge in [0.05, 0.1) is 6.54 Å². The first-order valence-corrected chi connectivity index (χ1v) is 6.64. The van der Waals surface area contributed by atoms with Gasteiger partial charge in [-0.15, -0.1) is 0 Å². The maximum Gasteiger partial charge on any atom is 0.315 e. The average Bonchev–Trinajstić information content (AvgIpc) is 2.53. The first kappa shape index (κ1) is 14.6. The van der Waals surface area contributed by atoms with Crippen LogP contribution in [-0.2, 0) is 11.3 Å². The summed E-state index contributed by atoms with van der Waals surface area (Å²) >= 11 is 0. The molecule has 0 fully saturated rings. The predicted molar refractivity (Wildman–Crippen MR) is 81.8 cm³/mol. The van der Waals surface area contributed by atoms with Crippen molar-refractivity contribution < 1.29 is 9.59 Å². The summed E-state index contributed by atoms with van der Waals surface area (Å²) in [6, 6.07) is 18.3. The molecule has 0 aliphatic carbocycles. The fourth-order valence-corrected chi connectivity index (χ4v) is 1.73. The molecule has 0 atom stereocenters. The van der Waals surface area contributed by atoms with Crippen LogP contribution in [0.25, 0.3) is 0 Å². The van der Waals surface area contributed by atoms with Gasteiger partial charge >= 0.3 is 6.03 Å². The van der Waals surface area contributed by atoms with Crippen molar-refractivity contribution in [3.63, 3.8) is 0 Å². The summed E-state index contributed by atoms with van der Waals surface area (Å²) in [7, 11) is 0. The highest BCUT2D eigenvalue weighted by Crippen LogP contribution is 2.03. The van der Waals surface area contributed by atoms with E-state index in [1.54, 1.807) is 12.1 Å². The Labute approximate surface area is 123 Å². The summed E-state index contributed by atoms with van der Waals surface area (Å²) in [6.07, 6.45) is 0. The smallest absolute Gasteiger partial charge is 0.315 e. The first-order valence-electron chi connectivity index (χ1n) is 6.64.